The maximum atomic E-state index is 5.81. The summed E-state index contributed by atoms with van der Waals surface area (Å²) in [6.07, 6.45) is 4.60. The number of hydrogen-bond donors (Lipinski definition) is 2. The maximum absolute atomic E-state index is 5.81. The van der Waals surface area contributed by atoms with Crippen LogP contribution in [0.1, 0.15) is 18.0 Å². The second kappa shape index (κ2) is 4.61. The van der Waals surface area contributed by atoms with Crippen LogP contribution in [0.5, 0.6) is 0 Å². The number of nitrogens with zero attached hydrogens (tertiary/aromatic N) is 1. The van der Waals surface area contributed by atoms with Crippen molar-refractivity contribution in [2.45, 2.75) is 12.5 Å². The third-order valence-corrected chi connectivity index (χ3v) is 2.47. The average Bonchev–Trinajstić information content (AvgIpc) is 2.72. The Balaban J connectivity index is 2.26. The van der Waals surface area contributed by atoms with Gasteiger partial charge in [0.1, 0.15) is 17.0 Å². The molecule has 4 nitrogen and oxygen atoms in total. The summed E-state index contributed by atoms with van der Waals surface area (Å²) in [5, 5.41) is 0.450. The van der Waals surface area contributed by atoms with Gasteiger partial charge < -0.3 is 4.74 Å². The topological polar surface area (TPSA) is 60.2 Å². The number of nitrogens with two attached hydrogens (primary N) is 1. The van der Waals surface area contributed by atoms with E-state index in [1.54, 1.807) is 12.3 Å². The second-order valence-electron chi connectivity index (χ2n) is 3.26. The van der Waals surface area contributed by atoms with Gasteiger partial charge in [0, 0.05) is 12.6 Å². The SMILES string of the molecule is NNC(C1=CCCO1)c1ccnc(Cl)c1. The lowest BCUT2D eigenvalue weighted by Gasteiger charge is -2.17. The number of pyridine rings is 1. The normalized spacial score (nSPS) is 17.1. The molecule has 0 spiro atoms. The molecule has 1 aliphatic heterocycles. The molecule has 1 aliphatic rings. The average molecular weight is 226 g/mol. The molecule has 0 saturated heterocycles. The first-order valence-electron chi connectivity index (χ1n) is 4.71. The van der Waals surface area contributed by atoms with E-state index >= 15 is 0 Å². The van der Waals surface area contributed by atoms with Gasteiger partial charge in [0.15, 0.2) is 0 Å². The van der Waals surface area contributed by atoms with Gasteiger partial charge in [0.05, 0.1) is 6.61 Å². The molecule has 2 heterocycles. The molecule has 0 aliphatic carbocycles. The maximum Gasteiger partial charge on any atom is 0.129 e. The fourth-order valence-corrected chi connectivity index (χ4v) is 1.76. The Labute approximate surface area is 93.1 Å². The lowest BCUT2D eigenvalue weighted by atomic mass is 10.1. The quantitative estimate of drug-likeness (QED) is 0.466. The zero-order valence-corrected chi connectivity index (χ0v) is 8.87. The van der Waals surface area contributed by atoms with Crippen LogP contribution in [0.15, 0.2) is 30.2 Å². The van der Waals surface area contributed by atoms with E-state index in [9.17, 15) is 0 Å². The minimum absolute atomic E-state index is 0.145. The molecule has 1 aromatic rings. The van der Waals surface area contributed by atoms with Crippen LogP contribution in [-0.2, 0) is 4.74 Å². The van der Waals surface area contributed by atoms with E-state index in [0.29, 0.717) is 11.8 Å². The molecule has 0 aromatic carbocycles. The van der Waals surface area contributed by atoms with Crippen molar-refractivity contribution in [1.82, 2.24) is 10.4 Å². The summed E-state index contributed by atoms with van der Waals surface area (Å²) in [6.45, 7) is 0.715. The first kappa shape index (κ1) is 10.4. The van der Waals surface area contributed by atoms with E-state index in [2.05, 4.69) is 10.4 Å². The van der Waals surface area contributed by atoms with Gasteiger partial charge in [-0.25, -0.2) is 10.4 Å². The Morgan fingerprint density at radius 2 is 2.47 bits per heavy atom. The van der Waals surface area contributed by atoms with Crippen molar-refractivity contribution in [2.24, 2.45) is 5.84 Å². The van der Waals surface area contributed by atoms with Crippen LogP contribution >= 0.6 is 11.6 Å². The smallest absolute Gasteiger partial charge is 0.129 e. The molecule has 1 unspecified atom stereocenters. The van der Waals surface area contributed by atoms with Crippen molar-refractivity contribution in [3.05, 3.63) is 40.9 Å². The molecule has 80 valence electrons. The molecule has 3 N–H and O–H groups in total. The minimum atomic E-state index is -0.145. The highest BCUT2D eigenvalue weighted by molar-refractivity contribution is 6.29. The zero-order valence-electron chi connectivity index (χ0n) is 8.11. The molecule has 1 atom stereocenters. The lowest BCUT2D eigenvalue weighted by molar-refractivity contribution is 0.215. The lowest BCUT2D eigenvalue weighted by Crippen LogP contribution is -2.29. The molecule has 1 aromatic heterocycles. The van der Waals surface area contributed by atoms with Crippen LogP contribution in [0.4, 0.5) is 0 Å². The van der Waals surface area contributed by atoms with Crippen molar-refractivity contribution in [3.63, 3.8) is 0 Å². The predicted octanol–water partition coefficient (Wildman–Crippen LogP) is 1.54. The van der Waals surface area contributed by atoms with Crippen molar-refractivity contribution in [2.75, 3.05) is 6.61 Å². The van der Waals surface area contributed by atoms with Crippen molar-refractivity contribution < 1.29 is 4.74 Å². The highest BCUT2D eigenvalue weighted by Crippen LogP contribution is 2.26. The summed E-state index contributed by atoms with van der Waals surface area (Å²) in [5.74, 6) is 6.35. The Hall–Kier alpha value is -1.10. The molecule has 0 radical (unpaired) electrons. The van der Waals surface area contributed by atoms with Gasteiger partial charge >= 0.3 is 0 Å². The summed E-state index contributed by atoms with van der Waals surface area (Å²) in [4.78, 5) is 3.92. The summed E-state index contributed by atoms with van der Waals surface area (Å²) >= 11 is 5.81. The molecule has 2 rings (SSSR count). The molecule has 0 amide bonds. The number of hydrazine groups is 1. The van der Waals surface area contributed by atoms with Crippen molar-refractivity contribution in [3.8, 4) is 0 Å². The number of nitrogens with one attached hydrogen (secondary N) is 1. The number of aromatic nitrogens is 1. The van der Waals surface area contributed by atoms with Gasteiger partial charge in [-0.2, -0.15) is 0 Å². The van der Waals surface area contributed by atoms with Gasteiger partial charge in [-0.15, -0.1) is 0 Å². The summed E-state index contributed by atoms with van der Waals surface area (Å²) in [7, 11) is 0. The molecule has 15 heavy (non-hydrogen) atoms. The van der Waals surface area contributed by atoms with Crippen molar-refractivity contribution in [1.29, 1.82) is 0 Å². The van der Waals surface area contributed by atoms with Gasteiger partial charge in [-0.3, -0.25) is 5.84 Å². The highest BCUT2D eigenvalue weighted by Gasteiger charge is 2.19. The summed E-state index contributed by atoms with van der Waals surface area (Å²) in [6, 6.07) is 3.49. The standard InChI is InChI=1S/C10H12ClN3O/c11-9-6-7(3-4-13-9)10(14-12)8-2-1-5-15-8/h2-4,6,10,14H,1,5,12H2. The van der Waals surface area contributed by atoms with E-state index in [1.807, 2.05) is 12.1 Å². The molecular formula is C10H12ClN3O. The number of ether oxygens (including phenoxy) is 1. The van der Waals surface area contributed by atoms with E-state index < -0.39 is 0 Å². The van der Waals surface area contributed by atoms with Crippen LogP contribution in [0.2, 0.25) is 5.15 Å². The largest absolute Gasteiger partial charge is 0.496 e. The third kappa shape index (κ3) is 2.28. The van der Waals surface area contributed by atoms with Gasteiger partial charge in [-0.1, -0.05) is 11.6 Å². The van der Waals surface area contributed by atoms with Crippen LogP contribution in [0.3, 0.4) is 0 Å². The van der Waals surface area contributed by atoms with Crippen LogP contribution in [-0.4, -0.2) is 11.6 Å². The number of halogens is 1. The molecule has 5 heteroatoms. The van der Waals surface area contributed by atoms with E-state index in [-0.39, 0.29) is 6.04 Å². The van der Waals surface area contributed by atoms with Gasteiger partial charge in [0.25, 0.3) is 0 Å². The van der Waals surface area contributed by atoms with Crippen LogP contribution in [0, 0.1) is 0 Å². The summed E-state index contributed by atoms with van der Waals surface area (Å²) in [5.41, 5.74) is 3.66. The Morgan fingerprint density at radius 3 is 3.07 bits per heavy atom. The zero-order chi connectivity index (χ0) is 10.7. The van der Waals surface area contributed by atoms with Gasteiger partial charge in [-0.05, 0) is 23.8 Å². The first-order chi connectivity index (χ1) is 7.31. The van der Waals surface area contributed by atoms with Crippen LogP contribution < -0.4 is 11.3 Å². The Kier molecular flexibility index (Phi) is 3.20. The molecule has 0 fully saturated rings. The Morgan fingerprint density at radius 1 is 1.60 bits per heavy atom. The Bertz CT molecular complexity index is 381. The van der Waals surface area contributed by atoms with Gasteiger partial charge in [0.2, 0.25) is 0 Å². The number of rotatable bonds is 3. The molecule has 0 bridgehead atoms. The van der Waals surface area contributed by atoms with Crippen molar-refractivity contribution >= 4 is 11.6 Å². The summed E-state index contributed by atoms with van der Waals surface area (Å²) < 4.78 is 5.46. The highest BCUT2D eigenvalue weighted by atomic mass is 35.5. The van der Waals surface area contributed by atoms with E-state index in [1.165, 1.54) is 0 Å². The minimum Gasteiger partial charge on any atom is -0.496 e. The second-order valence-corrected chi connectivity index (χ2v) is 3.64. The molecule has 0 saturated carbocycles. The van der Waals surface area contributed by atoms with E-state index in [4.69, 9.17) is 22.2 Å². The van der Waals surface area contributed by atoms with Crippen LogP contribution in [0.25, 0.3) is 0 Å². The predicted molar refractivity (Wildman–Crippen MR) is 58.0 cm³/mol. The monoisotopic (exact) mass is 225 g/mol. The van der Waals surface area contributed by atoms with E-state index in [0.717, 1.165) is 17.7 Å². The number of hydrogen-bond acceptors (Lipinski definition) is 4. The third-order valence-electron chi connectivity index (χ3n) is 2.27. The first-order valence-corrected chi connectivity index (χ1v) is 5.09. The fourth-order valence-electron chi connectivity index (χ4n) is 1.58. The molecular weight excluding hydrogens is 214 g/mol. The fraction of sp³-hybridized carbons (Fsp3) is 0.300.